The van der Waals surface area contributed by atoms with Crippen LogP contribution in [0.2, 0.25) is 0 Å². The largest absolute Gasteiger partial charge is 0.435 e. The third kappa shape index (κ3) is 7.05. The summed E-state index contributed by atoms with van der Waals surface area (Å²) in [6.45, 7) is -0.999. The fraction of sp³-hybridized carbons (Fsp3) is 0.333. The summed E-state index contributed by atoms with van der Waals surface area (Å²) in [5.74, 6) is 0.0716. The van der Waals surface area contributed by atoms with Gasteiger partial charge < -0.3 is 15.0 Å². The number of amides is 1. The molecule has 5 nitrogen and oxygen atoms in total. The number of rotatable bonds is 6. The van der Waals surface area contributed by atoms with Crippen molar-refractivity contribution in [3.8, 4) is 5.75 Å². The first kappa shape index (κ1) is 21.1. The molecular weight excluding hydrogens is 396 g/mol. The highest BCUT2D eigenvalue weighted by molar-refractivity contribution is 8.14. The monoisotopic (exact) mass is 419 g/mol. The summed E-state index contributed by atoms with van der Waals surface area (Å²) in [7, 11) is 0. The number of carbonyl (C=O) groups excluding carboxylic acids is 1. The molecule has 1 aliphatic heterocycles. The van der Waals surface area contributed by atoms with Gasteiger partial charge in [0.1, 0.15) is 5.75 Å². The lowest BCUT2D eigenvalue weighted by molar-refractivity contribution is -0.113. The zero-order chi connectivity index (χ0) is 20.5. The summed E-state index contributed by atoms with van der Waals surface area (Å²) >= 11 is 1.40. The van der Waals surface area contributed by atoms with Crippen molar-refractivity contribution in [3.63, 3.8) is 0 Å². The van der Waals surface area contributed by atoms with Gasteiger partial charge >= 0.3 is 6.61 Å². The first-order valence-electron chi connectivity index (χ1n) is 9.46. The van der Waals surface area contributed by atoms with Crippen molar-refractivity contribution in [2.75, 3.05) is 24.2 Å². The van der Waals surface area contributed by atoms with Crippen LogP contribution in [0.1, 0.15) is 19.3 Å². The van der Waals surface area contributed by atoms with Gasteiger partial charge in [-0.05, 0) is 55.7 Å². The Balaban J connectivity index is 1.59. The molecule has 0 saturated carbocycles. The van der Waals surface area contributed by atoms with Gasteiger partial charge in [0.15, 0.2) is 5.17 Å². The molecule has 0 aromatic heterocycles. The minimum Gasteiger partial charge on any atom is -0.435 e. The number of para-hydroxylation sites is 1. The summed E-state index contributed by atoms with van der Waals surface area (Å²) < 4.78 is 28.7. The number of anilines is 1. The van der Waals surface area contributed by atoms with Crippen LogP contribution in [-0.4, -0.2) is 41.4 Å². The lowest BCUT2D eigenvalue weighted by Gasteiger charge is -2.29. The molecule has 0 bridgehead atoms. The van der Waals surface area contributed by atoms with E-state index in [1.165, 1.54) is 42.4 Å². The predicted octanol–water partition coefficient (Wildman–Crippen LogP) is 5.13. The maximum absolute atomic E-state index is 12.4. The molecule has 1 N–H and O–H groups in total. The number of benzene rings is 2. The van der Waals surface area contributed by atoms with Crippen molar-refractivity contribution in [3.05, 3.63) is 54.6 Å². The van der Waals surface area contributed by atoms with E-state index in [2.05, 4.69) is 15.0 Å². The molecule has 3 rings (SSSR count). The first-order valence-corrected chi connectivity index (χ1v) is 10.4. The summed E-state index contributed by atoms with van der Waals surface area (Å²) in [4.78, 5) is 19.3. The maximum atomic E-state index is 12.4. The van der Waals surface area contributed by atoms with Gasteiger partial charge in [0.2, 0.25) is 5.91 Å². The molecule has 8 heteroatoms. The smallest absolute Gasteiger partial charge is 0.387 e. The highest BCUT2D eigenvalue weighted by Crippen LogP contribution is 2.22. The van der Waals surface area contributed by atoms with E-state index >= 15 is 0 Å². The number of aliphatic imine (C=N–C) groups is 1. The van der Waals surface area contributed by atoms with Crippen molar-refractivity contribution in [2.24, 2.45) is 4.99 Å². The molecule has 1 saturated heterocycles. The quantitative estimate of drug-likeness (QED) is 0.521. The predicted molar refractivity (Wildman–Crippen MR) is 113 cm³/mol. The van der Waals surface area contributed by atoms with E-state index in [9.17, 15) is 13.6 Å². The number of hydrogen-bond donors (Lipinski definition) is 1. The molecule has 29 heavy (non-hydrogen) atoms. The van der Waals surface area contributed by atoms with Gasteiger partial charge in [0.05, 0.1) is 11.4 Å². The van der Waals surface area contributed by atoms with E-state index in [-0.39, 0.29) is 17.4 Å². The zero-order valence-electron chi connectivity index (χ0n) is 15.9. The number of alkyl halides is 2. The Labute approximate surface area is 173 Å². The topological polar surface area (TPSA) is 53.9 Å². The number of thioether (sulfide) groups is 1. The Hall–Kier alpha value is -2.61. The number of likely N-dealkylation sites (tertiary alicyclic amines) is 1. The number of carbonyl (C=O) groups is 1. The van der Waals surface area contributed by atoms with Gasteiger partial charge in [-0.25, -0.2) is 4.99 Å². The van der Waals surface area contributed by atoms with E-state index in [4.69, 9.17) is 4.99 Å². The molecule has 0 radical (unpaired) electrons. The first-order chi connectivity index (χ1) is 14.1. The lowest BCUT2D eigenvalue weighted by Crippen LogP contribution is -2.34. The van der Waals surface area contributed by atoms with Crippen molar-refractivity contribution >= 4 is 34.2 Å². The van der Waals surface area contributed by atoms with Gasteiger partial charge in [-0.2, -0.15) is 8.78 Å². The van der Waals surface area contributed by atoms with Crippen LogP contribution in [0.3, 0.4) is 0 Å². The fourth-order valence-corrected chi connectivity index (χ4v) is 3.81. The van der Waals surface area contributed by atoms with Crippen LogP contribution in [0, 0.1) is 0 Å². The van der Waals surface area contributed by atoms with Crippen molar-refractivity contribution in [1.29, 1.82) is 0 Å². The second-order valence-electron chi connectivity index (χ2n) is 6.52. The van der Waals surface area contributed by atoms with Crippen LogP contribution in [0.15, 0.2) is 59.6 Å². The fourth-order valence-electron chi connectivity index (χ4n) is 2.94. The Morgan fingerprint density at radius 2 is 1.76 bits per heavy atom. The van der Waals surface area contributed by atoms with Gasteiger partial charge in [-0.15, -0.1) is 0 Å². The Bertz CT molecular complexity index is 810. The molecule has 2 aromatic carbocycles. The third-order valence-corrected chi connectivity index (χ3v) is 5.32. The van der Waals surface area contributed by atoms with Crippen LogP contribution < -0.4 is 10.1 Å². The summed E-state index contributed by atoms with van der Waals surface area (Å²) in [6, 6.07) is 15.5. The SMILES string of the molecule is O=C(CSC(=Nc1ccccc1)N1CCCCC1)Nc1ccc(OC(F)F)cc1. The maximum Gasteiger partial charge on any atom is 0.387 e. The summed E-state index contributed by atoms with van der Waals surface area (Å²) in [5, 5.41) is 3.61. The standard InChI is InChI=1S/C21H23F2N3O2S/c22-20(23)28-18-11-9-17(10-12-18)24-19(27)15-29-21(26-13-5-2-6-14-26)25-16-7-3-1-4-8-16/h1,3-4,7-12,20H,2,5-6,13-15H2,(H,24,27). The van der Waals surface area contributed by atoms with E-state index in [0.29, 0.717) is 5.69 Å². The van der Waals surface area contributed by atoms with E-state index in [1.54, 1.807) is 0 Å². The summed E-state index contributed by atoms with van der Waals surface area (Å²) in [5.41, 5.74) is 1.38. The molecule has 2 aromatic rings. The molecule has 1 heterocycles. The number of amidine groups is 1. The average Bonchev–Trinajstić information content (AvgIpc) is 2.73. The second-order valence-corrected chi connectivity index (χ2v) is 7.46. The van der Waals surface area contributed by atoms with Crippen molar-refractivity contribution in [2.45, 2.75) is 25.9 Å². The van der Waals surface area contributed by atoms with Crippen molar-refractivity contribution < 1.29 is 18.3 Å². The molecule has 0 aliphatic carbocycles. The molecule has 1 fully saturated rings. The molecule has 0 unspecified atom stereocenters. The highest BCUT2D eigenvalue weighted by atomic mass is 32.2. The van der Waals surface area contributed by atoms with Gasteiger partial charge in [-0.1, -0.05) is 30.0 Å². The van der Waals surface area contributed by atoms with Crippen LogP contribution in [0.5, 0.6) is 5.75 Å². The number of ether oxygens (including phenoxy) is 1. The van der Waals surface area contributed by atoms with Gasteiger partial charge in [0, 0.05) is 18.8 Å². The number of halogens is 2. The molecule has 154 valence electrons. The van der Waals surface area contributed by atoms with Crippen LogP contribution in [0.4, 0.5) is 20.2 Å². The molecule has 1 amide bonds. The van der Waals surface area contributed by atoms with Crippen LogP contribution in [0.25, 0.3) is 0 Å². The number of nitrogens with zero attached hydrogens (tertiary/aromatic N) is 2. The highest BCUT2D eigenvalue weighted by Gasteiger charge is 2.17. The number of hydrogen-bond acceptors (Lipinski definition) is 4. The van der Waals surface area contributed by atoms with Gasteiger partial charge in [0.25, 0.3) is 0 Å². The minimum absolute atomic E-state index is 0.0507. The minimum atomic E-state index is -2.87. The molecule has 0 spiro atoms. The van der Waals surface area contributed by atoms with Crippen LogP contribution >= 0.6 is 11.8 Å². The normalized spacial score (nSPS) is 14.7. The van der Waals surface area contributed by atoms with Crippen LogP contribution in [-0.2, 0) is 4.79 Å². The second kappa shape index (κ2) is 10.8. The summed E-state index contributed by atoms with van der Waals surface area (Å²) in [6.07, 6.45) is 3.45. The lowest BCUT2D eigenvalue weighted by atomic mass is 10.1. The zero-order valence-corrected chi connectivity index (χ0v) is 16.7. The number of piperidine rings is 1. The van der Waals surface area contributed by atoms with E-state index in [1.807, 2.05) is 30.3 Å². The Morgan fingerprint density at radius 3 is 2.41 bits per heavy atom. The Kier molecular flexibility index (Phi) is 7.86. The molecule has 1 aliphatic rings. The molecular formula is C21H23F2N3O2S. The van der Waals surface area contributed by atoms with E-state index < -0.39 is 6.61 Å². The number of nitrogens with one attached hydrogen (secondary N) is 1. The Morgan fingerprint density at radius 1 is 1.07 bits per heavy atom. The third-order valence-electron chi connectivity index (χ3n) is 4.30. The average molecular weight is 419 g/mol. The van der Waals surface area contributed by atoms with Gasteiger partial charge in [-0.3, -0.25) is 4.79 Å². The van der Waals surface area contributed by atoms with Crippen molar-refractivity contribution in [1.82, 2.24) is 4.90 Å². The van der Waals surface area contributed by atoms with E-state index in [0.717, 1.165) is 36.8 Å². The molecule has 0 atom stereocenters.